The second kappa shape index (κ2) is 7.24. The molecule has 1 aromatic carbocycles. The molecule has 0 bridgehead atoms. The second-order valence-electron chi connectivity index (χ2n) is 5.45. The molecule has 0 aliphatic heterocycles. The Bertz CT molecular complexity index is 554. The Hall–Kier alpha value is -1.11. The third kappa shape index (κ3) is 3.75. The van der Waals surface area contributed by atoms with Crippen molar-refractivity contribution in [3.8, 4) is 0 Å². The maximum Gasteiger partial charge on any atom is 0.242 e. The Balaban J connectivity index is 2.40. The van der Waals surface area contributed by atoms with Gasteiger partial charge in [0.05, 0.1) is 5.69 Å². The van der Waals surface area contributed by atoms with Crippen LogP contribution in [0.5, 0.6) is 0 Å². The SMILES string of the molecule is CNS(=O)(=O)c1ccccc1N(CCN)C1CCCCC1. The van der Waals surface area contributed by atoms with Gasteiger partial charge >= 0.3 is 0 Å². The summed E-state index contributed by atoms with van der Waals surface area (Å²) in [6, 6.07) is 7.57. The van der Waals surface area contributed by atoms with Crippen molar-refractivity contribution in [1.82, 2.24) is 4.72 Å². The molecule has 0 spiro atoms. The molecule has 6 heteroatoms. The first kappa shape index (κ1) is 16.3. The fraction of sp³-hybridized carbons (Fsp3) is 0.600. The summed E-state index contributed by atoms with van der Waals surface area (Å²) in [6.07, 6.45) is 5.88. The van der Waals surface area contributed by atoms with Crippen LogP contribution >= 0.6 is 0 Å². The molecule has 0 unspecified atom stereocenters. The predicted molar refractivity (Wildman–Crippen MR) is 86.0 cm³/mol. The van der Waals surface area contributed by atoms with E-state index >= 15 is 0 Å². The van der Waals surface area contributed by atoms with Crippen LogP contribution in [0.1, 0.15) is 32.1 Å². The van der Waals surface area contributed by atoms with Gasteiger partial charge in [0.25, 0.3) is 0 Å². The summed E-state index contributed by atoms with van der Waals surface area (Å²) in [4.78, 5) is 2.52. The maximum atomic E-state index is 12.2. The molecular formula is C15H25N3O2S. The van der Waals surface area contributed by atoms with Gasteiger partial charge in [-0.15, -0.1) is 0 Å². The molecule has 0 amide bonds. The van der Waals surface area contributed by atoms with Crippen molar-refractivity contribution in [3.05, 3.63) is 24.3 Å². The van der Waals surface area contributed by atoms with Crippen molar-refractivity contribution in [3.63, 3.8) is 0 Å². The van der Waals surface area contributed by atoms with Gasteiger partial charge in [0, 0.05) is 19.1 Å². The lowest BCUT2D eigenvalue weighted by Crippen LogP contribution is -2.41. The third-order valence-corrected chi connectivity index (χ3v) is 5.58. The minimum Gasteiger partial charge on any atom is -0.366 e. The summed E-state index contributed by atoms with van der Waals surface area (Å²) < 4.78 is 26.9. The van der Waals surface area contributed by atoms with Gasteiger partial charge in [-0.1, -0.05) is 31.4 Å². The molecule has 1 fully saturated rings. The highest BCUT2D eigenvalue weighted by molar-refractivity contribution is 7.89. The summed E-state index contributed by atoms with van der Waals surface area (Å²) in [6.45, 7) is 1.20. The molecule has 0 heterocycles. The molecule has 118 valence electrons. The highest BCUT2D eigenvalue weighted by Gasteiger charge is 2.26. The van der Waals surface area contributed by atoms with E-state index in [0.717, 1.165) is 18.5 Å². The summed E-state index contributed by atoms with van der Waals surface area (Å²) in [7, 11) is -2.02. The lowest BCUT2D eigenvalue weighted by atomic mass is 9.93. The molecule has 1 aliphatic carbocycles. The second-order valence-corrected chi connectivity index (χ2v) is 7.30. The Morgan fingerprint density at radius 1 is 1.24 bits per heavy atom. The zero-order valence-electron chi connectivity index (χ0n) is 12.6. The molecular weight excluding hydrogens is 286 g/mol. The van der Waals surface area contributed by atoms with Gasteiger partial charge < -0.3 is 10.6 Å². The van der Waals surface area contributed by atoms with Gasteiger partial charge in [-0.25, -0.2) is 13.1 Å². The van der Waals surface area contributed by atoms with Gasteiger partial charge in [-0.05, 0) is 32.0 Å². The van der Waals surface area contributed by atoms with Crippen LogP contribution in [0.3, 0.4) is 0 Å². The molecule has 0 aromatic heterocycles. The number of rotatable bonds is 6. The minimum absolute atomic E-state index is 0.339. The third-order valence-electron chi connectivity index (χ3n) is 4.12. The summed E-state index contributed by atoms with van der Waals surface area (Å²) in [5.74, 6) is 0. The van der Waals surface area contributed by atoms with Crippen molar-refractivity contribution in [2.75, 3.05) is 25.0 Å². The van der Waals surface area contributed by atoms with Crippen molar-refractivity contribution < 1.29 is 8.42 Å². The number of nitrogens with two attached hydrogens (primary N) is 1. The van der Waals surface area contributed by atoms with E-state index in [1.807, 2.05) is 12.1 Å². The molecule has 1 saturated carbocycles. The molecule has 0 radical (unpaired) electrons. The van der Waals surface area contributed by atoms with Crippen LogP contribution in [0.4, 0.5) is 5.69 Å². The van der Waals surface area contributed by atoms with Crippen molar-refractivity contribution in [2.45, 2.75) is 43.0 Å². The van der Waals surface area contributed by atoms with Crippen LogP contribution < -0.4 is 15.4 Å². The first-order chi connectivity index (χ1) is 10.1. The van der Waals surface area contributed by atoms with E-state index in [4.69, 9.17) is 5.73 Å². The summed E-state index contributed by atoms with van der Waals surface area (Å²) in [5, 5.41) is 0. The zero-order valence-corrected chi connectivity index (χ0v) is 13.4. The van der Waals surface area contributed by atoms with Crippen LogP contribution in [0.2, 0.25) is 0 Å². The first-order valence-corrected chi connectivity index (χ1v) is 9.07. The Kier molecular flexibility index (Phi) is 5.61. The normalized spacial score (nSPS) is 16.9. The van der Waals surface area contributed by atoms with Crippen LogP contribution in [-0.4, -0.2) is 34.6 Å². The number of hydrogen-bond donors (Lipinski definition) is 2. The van der Waals surface area contributed by atoms with E-state index < -0.39 is 10.0 Å². The Morgan fingerprint density at radius 3 is 2.52 bits per heavy atom. The molecule has 21 heavy (non-hydrogen) atoms. The van der Waals surface area contributed by atoms with Gasteiger partial charge in [0.15, 0.2) is 0 Å². The summed E-state index contributed by atoms with van der Waals surface area (Å²) in [5.41, 5.74) is 6.53. The fourth-order valence-electron chi connectivity index (χ4n) is 3.06. The molecule has 5 nitrogen and oxygen atoms in total. The highest BCUT2D eigenvalue weighted by atomic mass is 32.2. The van der Waals surface area contributed by atoms with Crippen LogP contribution in [0.25, 0.3) is 0 Å². The first-order valence-electron chi connectivity index (χ1n) is 7.59. The van der Waals surface area contributed by atoms with Gasteiger partial charge in [-0.2, -0.15) is 0 Å². The standard InChI is InChI=1S/C15H25N3O2S/c1-17-21(19,20)15-10-6-5-9-14(15)18(12-11-16)13-7-3-2-4-8-13/h5-6,9-10,13,17H,2-4,7-8,11-12,16H2,1H3. The molecule has 2 rings (SSSR count). The molecule has 0 saturated heterocycles. The van der Waals surface area contributed by atoms with Crippen LogP contribution in [0.15, 0.2) is 29.2 Å². The quantitative estimate of drug-likeness (QED) is 0.838. The number of nitrogens with zero attached hydrogens (tertiary/aromatic N) is 1. The van der Waals surface area contributed by atoms with E-state index in [1.165, 1.54) is 26.3 Å². The fourth-order valence-corrected chi connectivity index (χ4v) is 4.00. The van der Waals surface area contributed by atoms with Crippen molar-refractivity contribution in [2.24, 2.45) is 5.73 Å². The van der Waals surface area contributed by atoms with E-state index in [-0.39, 0.29) is 0 Å². The number of benzene rings is 1. The number of hydrogen-bond acceptors (Lipinski definition) is 4. The van der Waals surface area contributed by atoms with Gasteiger partial charge in [0.1, 0.15) is 4.90 Å². The smallest absolute Gasteiger partial charge is 0.242 e. The van der Waals surface area contributed by atoms with Gasteiger partial charge in [-0.3, -0.25) is 0 Å². The number of anilines is 1. The number of para-hydroxylation sites is 1. The van der Waals surface area contributed by atoms with Crippen molar-refractivity contribution >= 4 is 15.7 Å². The van der Waals surface area contributed by atoms with E-state index in [2.05, 4.69) is 9.62 Å². The monoisotopic (exact) mass is 311 g/mol. The molecule has 0 atom stereocenters. The predicted octanol–water partition coefficient (Wildman–Crippen LogP) is 1.69. The van der Waals surface area contributed by atoms with Crippen molar-refractivity contribution in [1.29, 1.82) is 0 Å². The highest BCUT2D eigenvalue weighted by Crippen LogP contribution is 2.31. The lowest BCUT2D eigenvalue weighted by molar-refractivity contribution is 0.414. The van der Waals surface area contributed by atoms with E-state index in [1.54, 1.807) is 12.1 Å². The number of sulfonamides is 1. The van der Waals surface area contributed by atoms with E-state index in [9.17, 15) is 8.42 Å². The Morgan fingerprint density at radius 2 is 1.90 bits per heavy atom. The lowest BCUT2D eigenvalue weighted by Gasteiger charge is -2.37. The van der Waals surface area contributed by atoms with Crippen LogP contribution in [0, 0.1) is 0 Å². The molecule has 1 aliphatic rings. The van der Waals surface area contributed by atoms with Gasteiger partial charge in [0.2, 0.25) is 10.0 Å². The summed E-state index contributed by atoms with van der Waals surface area (Å²) >= 11 is 0. The largest absolute Gasteiger partial charge is 0.366 e. The number of nitrogens with one attached hydrogen (secondary N) is 1. The zero-order chi connectivity index (χ0) is 15.3. The van der Waals surface area contributed by atoms with Crippen LogP contribution in [-0.2, 0) is 10.0 Å². The molecule has 3 N–H and O–H groups in total. The average Bonchev–Trinajstić information content (AvgIpc) is 2.53. The minimum atomic E-state index is -3.46. The topological polar surface area (TPSA) is 75.4 Å². The average molecular weight is 311 g/mol. The molecule has 1 aromatic rings. The Labute approximate surface area is 127 Å². The maximum absolute atomic E-state index is 12.2. The van der Waals surface area contributed by atoms with E-state index in [0.29, 0.717) is 24.0 Å².